The molecule has 2 rings (SSSR count). The van der Waals surface area contributed by atoms with Crippen LogP contribution >= 0.6 is 0 Å². The summed E-state index contributed by atoms with van der Waals surface area (Å²) >= 11 is 0. The molecule has 1 aromatic rings. The third kappa shape index (κ3) is 3.86. The first-order valence-electron chi connectivity index (χ1n) is 6.36. The molecule has 0 aromatic heterocycles. The summed E-state index contributed by atoms with van der Waals surface area (Å²) in [6.45, 7) is 0.676. The molecule has 1 aromatic carbocycles. The molecule has 0 saturated heterocycles. The predicted molar refractivity (Wildman–Crippen MR) is 70.3 cm³/mol. The largest absolute Gasteiger partial charge is 0.496 e. The first-order chi connectivity index (χ1) is 8.40. The van der Waals surface area contributed by atoms with Crippen LogP contribution in [0, 0.1) is 5.92 Å². The van der Waals surface area contributed by atoms with Crippen molar-refractivity contribution in [1.29, 1.82) is 0 Å². The van der Waals surface area contributed by atoms with Crippen LogP contribution in [0.4, 0.5) is 0 Å². The van der Waals surface area contributed by atoms with Crippen LogP contribution in [0.25, 0.3) is 0 Å². The standard InChI is InChI=1S/C14H20O2Si/c1-15-14-9-5-4-8-13(14)10-16-17-11-12-6-2-3-7-12/h4-5,8-9,12H,2-3,6-7,10-11H2,1H3. The molecule has 1 aliphatic carbocycles. The van der Waals surface area contributed by atoms with Gasteiger partial charge in [-0.3, -0.25) is 0 Å². The number of hydrogen-bond acceptors (Lipinski definition) is 2. The lowest BCUT2D eigenvalue weighted by atomic mass is 10.1. The minimum Gasteiger partial charge on any atom is -0.496 e. The molecular weight excluding hydrogens is 228 g/mol. The van der Waals surface area contributed by atoms with E-state index >= 15 is 0 Å². The second-order valence-electron chi connectivity index (χ2n) is 4.60. The van der Waals surface area contributed by atoms with Gasteiger partial charge in [-0.1, -0.05) is 43.9 Å². The van der Waals surface area contributed by atoms with Crippen molar-refractivity contribution in [3.05, 3.63) is 29.8 Å². The summed E-state index contributed by atoms with van der Waals surface area (Å²) in [6.07, 6.45) is 5.65. The van der Waals surface area contributed by atoms with Crippen LogP contribution in [0.1, 0.15) is 31.2 Å². The summed E-state index contributed by atoms with van der Waals surface area (Å²) < 4.78 is 11.1. The average Bonchev–Trinajstić information content (AvgIpc) is 2.88. The van der Waals surface area contributed by atoms with E-state index in [9.17, 15) is 0 Å². The summed E-state index contributed by atoms with van der Waals surface area (Å²) in [7, 11) is 2.34. The molecule has 17 heavy (non-hydrogen) atoms. The van der Waals surface area contributed by atoms with Gasteiger partial charge in [0.25, 0.3) is 0 Å². The van der Waals surface area contributed by atoms with Gasteiger partial charge in [-0.05, 0) is 18.0 Å². The van der Waals surface area contributed by atoms with E-state index in [-0.39, 0.29) is 0 Å². The minimum absolute atomic E-state index is 0.634. The Kier molecular flexibility index (Phi) is 5.07. The molecule has 1 fully saturated rings. The summed E-state index contributed by atoms with van der Waals surface area (Å²) in [4.78, 5) is 0. The van der Waals surface area contributed by atoms with Crippen molar-refractivity contribution in [3.8, 4) is 5.75 Å². The second-order valence-corrected chi connectivity index (χ2v) is 5.59. The van der Waals surface area contributed by atoms with E-state index in [4.69, 9.17) is 9.16 Å². The van der Waals surface area contributed by atoms with Crippen LogP contribution < -0.4 is 4.74 Å². The van der Waals surface area contributed by atoms with Gasteiger partial charge in [-0.25, -0.2) is 0 Å². The average molecular weight is 248 g/mol. The highest BCUT2D eigenvalue weighted by atomic mass is 28.2. The molecule has 3 heteroatoms. The number of methoxy groups -OCH3 is 1. The van der Waals surface area contributed by atoms with Crippen molar-refractivity contribution < 1.29 is 9.16 Å². The molecule has 0 aliphatic heterocycles. The number of hydrogen-bond donors (Lipinski definition) is 0. The van der Waals surface area contributed by atoms with Crippen molar-refractivity contribution in [3.63, 3.8) is 0 Å². The maximum Gasteiger partial charge on any atom is 0.230 e. The van der Waals surface area contributed by atoms with Gasteiger partial charge in [0.2, 0.25) is 9.76 Å². The highest BCUT2D eigenvalue weighted by molar-refractivity contribution is 6.27. The molecular formula is C14H20O2Si. The van der Waals surface area contributed by atoms with Crippen LogP contribution in [0.2, 0.25) is 6.04 Å². The molecule has 2 radical (unpaired) electrons. The van der Waals surface area contributed by atoms with Crippen LogP contribution in [-0.2, 0) is 11.0 Å². The molecule has 92 valence electrons. The quantitative estimate of drug-likeness (QED) is 0.567. The zero-order valence-electron chi connectivity index (χ0n) is 10.4. The van der Waals surface area contributed by atoms with E-state index in [1.807, 2.05) is 18.2 Å². The smallest absolute Gasteiger partial charge is 0.230 e. The third-order valence-corrected chi connectivity index (χ3v) is 4.46. The maximum atomic E-state index is 5.77. The monoisotopic (exact) mass is 248 g/mol. The van der Waals surface area contributed by atoms with Crippen LogP contribution in [0.3, 0.4) is 0 Å². The van der Waals surface area contributed by atoms with Gasteiger partial charge in [0.15, 0.2) is 0 Å². The fourth-order valence-corrected chi connectivity index (χ4v) is 3.36. The van der Waals surface area contributed by atoms with Crippen molar-refractivity contribution >= 4 is 9.76 Å². The van der Waals surface area contributed by atoms with E-state index in [0.717, 1.165) is 17.2 Å². The highest BCUT2D eigenvalue weighted by Crippen LogP contribution is 2.27. The van der Waals surface area contributed by atoms with Gasteiger partial charge in [0.1, 0.15) is 5.75 Å². The van der Waals surface area contributed by atoms with E-state index in [1.165, 1.54) is 31.7 Å². The van der Waals surface area contributed by atoms with E-state index in [2.05, 4.69) is 6.07 Å². The van der Waals surface area contributed by atoms with Gasteiger partial charge >= 0.3 is 0 Å². The number of rotatable bonds is 6. The lowest BCUT2D eigenvalue weighted by molar-refractivity contribution is 0.308. The van der Waals surface area contributed by atoms with E-state index in [0.29, 0.717) is 16.4 Å². The Morgan fingerprint density at radius 1 is 1.24 bits per heavy atom. The number of para-hydroxylation sites is 1. The molecule has 0 bridgehead atoms. The van der Waals surface area contributed by atoms with Crippen molar-refractivity contribution in [2.75, 3.05) is 7.11 Å². The lowest BCUT2D eigenvalue weighted by Gasteiger charge is -2.10. The van der Waals surface area contributed by atoms with Crippen molar-refractivity contribution in [2.24, 2.45) is 5.92 Å². The van der Waals surface area contributed by atoms with Gasteiger partial charge in [0, 0.05) is 5.56 Å². The Balaban J connectivity index is 1.70. The molecule has 1 aliphatic rings. The third-order valence-electron chi connectivity index (χ3n) is 3.37. The van der Waals surface area contributed by atoms with Gasteiger partial charge in [-0.2, -0.15) is 0 Å². The molecule has 0 atom stereocenters. The fraction of sp³-hybridized carbons (Fsp3) is 0.571. The van der Waals surface area contributed by atoms with E-state index < -0.39 is 0 Å². The molecule has 0 amide bonds. The molecule has 0 unspecified atom stereocenters. The normalized spacial score (nSPS) is 16.3. The first kappa shape index (κ1) is 12.6. The summed E-state index contributed by atoms with van der Waals surface area (Å²) in [5.74, 6) is 1.85. The Morgan fingerprint density at radius 3 is 2.76 bits per heavy atom. The summed E-state index contributed by atoms with van der Waals surface area (Å²) in [5.41, 5.74) is 1.15. The Morgan fingerprint density at radius 2 is 2.00 bits per heavy atom. The maximum absolute atomic E-state index is 5.77. The first-order valence-corrected chi connectivity index (χ1v) is 7.48. The Bertz CT molecular complexity index is 335. The van der Waals surface area contributed by atoms with Crippen LogP contribution in [-0.4, -0.2) is 16.9 Å². The summed E-state index contributed by atoms with van der Waals surface area (Å²) in [5, 5.41) is 0. The summed E-state index contributed by atoms with van der Waals surface area (Å²) in [6, 6.07) is 9.32. The molecule has 2 nitrogen and oxygen atoms in total. The van der Waals surface area contributed by atoms with Crippen LogP contribution in [0.5, 0.6) is 5.75 Å². The van der Waals surface area contributed by atoms with Crippen LogP contribution in [0.15, 0.2) is 24.3 Å². The SMILES string of the molecule is COc1ccccc1CO[Si]CC1CCCC1. The second kappa shape index (κ2) is 6.82. The molecule has 0 heterocycles. The molecule has 0 spiro atoms. The molecule has 0 N–H and O–H groups in total. The molecule has 1 saturated carbocycles. The fourth-order valence-electron chi connectivity index (χ4n) is 2.34. The Hall–Kier alpha value is -0.803. The van der Waals surface area contributed by atoms with E-state index in [1.54, 1.807) is 7.11 Å². The lowest BCUT2D eigenvalue weighted by Crippen LogP contribution is -2.05. The predicted octanol–water partition coefficient (Wildman–Crippen LogP) is 3.44. The zero-order chi connectivity index (χ0) is 11.9. The highest BCUT2D eigenvalue weighted by Gasteiger charge is 2.15. The Labute approximate surface area is 106 Å². The zero-order valence-corrected chi connectivity index (χ0v) is 11.4. The number of benzene rings is 1. The van der Waals surface area contributed by atoms with Crippen molar-refractivity contribution in [1.82, 2.24) is 0 Å². The van der Waals surface area contributed by atoms with Gasteiger partial charge in [0.05, 0.1) is 13.7 Å². The number of ether oxygens (including phenoxy) is 1. The van der Waals surface area contributed by atoms with Crippen molar-refractivity contribution in [2.45, 2.75) is 38.3 Å². The van der Waals surface area contributed by atoms with Gasteiger partial charge < -0.3 is 9.16 Å². The van der Waals surface area contributed by atoms with Gasteiger partial charge in [-0.15, -0.1) is 0 Å². The topological polar surface area (TPSA) is 18.5 Å². The minimum atomic E-state index is 0.634.